The number of nitrogens with one attached hydrogen (secondary N) is 1. The number of ether oxygens (including phenoxy) is 2. The first-order valence-electron chi connectivity index (χ1n) is 8.51. The van der Waals surface area contributed by atoms with Crippen molar-refractivity contribution in [3.63, 3.8) is 0 Å². The quantitative estimate of drug-likeness (QED) is 0.914. The highest BCUT2D eigenvalue weighted by Crippen LogP contribution is 2.17. The SMILES string of the molecule is Cc1ccoc1C(=O)NC1CCN(C(=O)OC2CCOCC2)CC1. The summed E-state index contributed by atoms with van der Waals surface area (Å²) in [6, 6.07) is 1.82. The fraction of sp³-hybridized carbons (Fsp3) is 0.647. The molecule has 2 fully saturated rings. The van der Waals surface area contributed by atoms with Gasteiger partial charge in [-0.2, -0.15) is 0 Å². The van der Waals surface area contributed by atoms with E-state index in [4.69, 9.17) is 13.9 Å². The van der Waals surface area contributed by atoms with Gasteiger partial charge in [-0.05, 0) is 25.8 Å². The molecule has 7 heteroatoms. The second kappa shape index (κ2) is 7.70. The Morgan fingerprint density at radius 2 is 1.92 bits per heavy atom. The van der Waals surface area contributed by atoms with Gasteiger partial charge in [-0.3, -0.25) is 4.79 Å². The number of hydrogen-bond donors (Lipinski definition) is 1. The Morgan fingerprint density at radius 1 is 1.21 bits per heavy atom. The minimum atomic E-state index is -0.256. The van der Waals surface area contributed by atoms with Crippen LogP contribution in [0.15, 0.2) is 16.7 Å². The lowest BCUT2D eigenvalue weighted by Gasteiger charge is -2.33. The van der Waals surface area contributed by atoms with Crippen molar-refractivity contribution in [2.24, 2.45) is 0 Å². The number of rotatable bonds is 3. The lowest BCUT2D eigenvalue weighted by Crippen LogP contribution is -2.47. The number of carbonyl (C=O) groups excluding carboxylic acids is 2. The Morgan fingerprint density at radius 3 is 2.54 bits per heavy atom. The molecule has 2 aliphatic heterocycles. The number of hydrogen-bond acceptors (Lipinski definition) is 5. The number of nitrogens with zero attached hydrogens (tertiary/aromatic N) is 1. The summed E-state index contributed by atoms with van der Waals surface area (Å²) in [5.74, 6) is 0.164. The van der Waals surface area contributed by atoms with E-state index < -0.39 is 0 Å². The summed E-state index contributed by atoms with van der Waals surface area (Å²) < 4.78 is 16.0. The zero-order valence-corrected chi connectivity index (χ0v) is 14.0. The first-order valence-corrected chi connectivity index (χ1v) is 8.51. The summed E-state index contributed by atoms with van der Waals surface area (Å²) in [6.07, 6.45) is 4.18. The van der Waals surface area contributed by atoms with Crippen molar-refractivity contribution in [1.29, 1.82) is 0 Å². The second-order valence-corrected chi connectivity index (χ2v) is 6.36. The van der Waals surface area contributed by atoms with E-state index in [2.05, 4.69) is 5.32 Å². The van der Waals surface area contributed by atoms with Crippen molar-refractivity contribution in [3.8, 4) is 0 Å². The Balaban J connectivity index is 1.42. The van der Waals surface area contributed by atoms with Gasteiger partial charge in [0, 0.05) is 37.5 Å². The third-order valence-corrected chi connectivity index (χ3v) is 4.59. The number of likely N-dealkylation sites (tertiary alicyclic amines) is 1. The topological polar surface area (TPSA) is 81.0 Å². The van der Waals surface area contributed by atoms with Crippen molar-refractivity contribution in [3.05, 3.63) is 23.7 Å². The molecule has 1 N–H and O–H groups in total. The van der Waals surface area contributed by atoms with E-state index in [0.717, 1.165) is 18.4 Å². The van der Waals surface area contributed by atoms with Crippen LogP contribution in [-0.4, -0.2) is 55.3 Å². The third kappa shape index (κ3) is 4.08. The molecule has 0 aliphatic carbocycles. The number of amides is 2. The molecule has 3 rings (SSSR count). The molecule has 0 radical (unpaired) electrons. The molecular weight excluding hydrogens is 312 g/mol. The molecule has 3 heterocycles. The zero-order chi connectivity index (χ0) is 16.9. The minimum absolute atomic E-state index is 0.0365. The highest BCUT2D eigenvalue weighted by atomic mass is 16.6. The molecule has 0 spiro atoms. The van der Waals surface area contributed by atoms with Crippen LogP contribution in [0.5, 0.6) is 0 Å². The minimum Gasteiger partial charge on any atom is -0.459 e. The summed E-state index contributed by atoms with van der Waals surface area (Å²) in [4.78, 5) is 26.1. The van der Waals surface area contributed by atoms with E-state index >= 15 is 0 Å². The Kier molecular flexibility index (Phi) is 5.40. The van der Waals surface area contributed by atoms with Gasteiger partial charge in [0.2, 0.25) is 0 Å². The molecular formula is C17H24N2O5. The van der Waals surface area contributed by atoms with Gasteiger partial charge in [0.25, 0.3) is 5.91 Å². The Bertz CT molecular complexity index is 571. The summed E-state index contributed by atoms with van der Waals surface area (Å²) in [5.41, 5.74) is 0.824. The Hall–Kier alpha value is -2.02. The number of furan rings is 1. The second-order valence-electron chi connectivity index (χ2n) is 6.36. The van der Waals surface area contributed by atoms with Crippen LogP contribution in [-0.2, 0) is 9.47 Å². The molecule has 0 unspecified atom stereocenters. The maximum absolute atomic E-state index is 12.2. The molecule has 1 aromatic rings. The zero-order valence-electron chi connectivity index (χ0n) is 14.0. The van der Waals surface area contributed by atoms with Gasteiger partial charge < -0.3 is 24.1 Å². The molecule has 0 saturated carbocycles. The lowest BCUT2D eigenvalue weighted by molar-refractivity contribution is -0.0123. The van der Waals surface area contributed by atoms with Crippen LogP contribution in [0.4, 0.5) is 4.79 Å². The van der Waals surface area contributed by atoms with E-state index in [1.54, 1.807) is 11.0 Å². The number of carbonyl (C=O) groups is 2. The predicted octanol–water partition coefficient (Wildman–Crippen LogP) is 2.10. The third-order valence-electron chi connectivity index (χ3n) is 4.59. The van der Waals surface area contributed by atoms with Gasteiger partial charge in [-0.25, -0.2) is 4.79 Å². The maximum atomic E-state index is 12.2. The van der Waals surface area contributed by atoms with Gasteiger partial charge in [0.1, 0.15) is 6.10 Å². The molecule has 2 saturated heterocycles. The van der Waals surface area contributed by atoms with Crippen LogP contribution < -0.4 is 5.32 Å². The summed E-state index contributed by atoms with van der Waals surface area (Å²) >= 11 is 0. The van der Waals surface area contributed by atoms with E-state index in [-0.39, 0.29) is 24.1 Å². The molecule has 1 aromatic heterocycles. The van der Waals surface area contributed by atoms with Gasteiger partial charge in [-0.1, -0.05) is 0 Å². The first-order chi connectivity index (χ1) is 11.6. The van der Waals surface area contributed by atoms with Crippen molar-refractivity contribution >= 4 is 12.0 Å². The molecule has 2 amide bonds. The van der Waals surface area contributed by atoms with Crippen LogP contribution in [0.1, 0.15) is 41.8 Å². The lowest BCUT2D eigenvalue weighted by atomic mass is 10.1. The molecule has 0 atom stereocenters. The molecule has 132 valence electrons. The largest absolute Gasteiger partial charge is 0.459 e. The van der Waals surface area contributed by atoms with Crippen molar-refractivity contribution in [2.75, 3.05) is 26.3 Å². The standard InChI is InChI=1S/C17H24N2O5/c1-12-4-11-23-15(12)16(20)18-13-2-7-19(8-3-13)17(21)24-14-5-9-22-10-6-14/h4,11,13-14H,2-3,5-10H2,1H3,(H,18,20). The van der Waals surface area contributed by atoms with E-state index in [1.165, 1.54) is 6.26 Å². The molecule has 7 nitrogen and oxygen atoms in total. The smallest absolute Gasteiger partial charge is 0.410 e. The van der Waals surface area contributed by atoms with Crippen LogP contribution in [0.25, 0.3) is 0 Å². The van der Waals surface area contributed by atoms with Crippen LogP contribution in [0.3, 0.4) is 0 Å². The highest BCUT2D eigenvalue weighted by molar-refractivity contribution is 5.93. The predicted molar refractivity (Wildman–Crippen MR) is 85.8 cm³/mol. The van der Waals surface area contributed by atoms with E-state index in [9.17, 15) is 9.59 Å². The van der Waals surface area contributed by atoms with E-state index in [0.29, 0.717) is 44.9 Å². The van der Waals surface area contributed by atoms with Crippen LogP contribution in [0, 0.1) is 6.92 Å². The first kappa shape index (κ1) is 16.8. The molecule has 2 aliphatic rings. The number of piperidine rings is 1. The average molecular weight is 336 g/mol. The molecule has 24 heavy (non-hydrogen) atoms. The van der Waals surface area contributed by atoms with Crippen molar-refractivity contribution in [2.45, 2.75) is 44.8 Å². The van der Waals surface area contributed by atoms with E-state index in [1.807, 2.05) is 6.92 Å². The van der Waals surface area contributed by atoms with Crippen LogP contribution >= 0.6 is 0 Å². The molecule has 0 aromatic carbocycles. The fourth-order valence-corrected chi connectivity index (χ4v) is 3.07. The van der Waals surface area contributed by atoms with Gasteiger partial charge in [0.15, 0.2) is 5.76 Å². The highest BCUT2D eigenvalue weighted by Gasteiger charge is 2.28. The van der Waals surface area contributed by atoms with Crippen LogP contribution in [0.2, 0.25) is 0 Å². The van der Waals surface area contributed by atoms with Gasteiger partial charge >= 0.3 is 6.09 Å². The summed E-state index contributed by atoms with van der Waals surface area (Å²) in [6.45, 7) is 4.32. The molecule has 0 bridgehead atoms. The van der Waals surface area contributed by atoms with Crippen molar-refractivity contribution in [1.82, 2.24) is 10.2 Å². The monoisotopic (exact) mass is 336 g/mol. The maximum Gasteiger partial charge on any atom is 0.410 e. The number of aryl methyl sites for hydroxylation is 1. The summed E-state index contributed by atoms with van der Waals surface area (Å²) in [5, 5.41) is 2.97. The summed E-state index contributed by atoms with van der Waals surface area (Å²) in [7, 11) is 0. The normalized spacial score (nSPS) is 20.0. The Labute approximate surface area is 141 Å². The van der Waals surface area contributed by atoms with Gasteiger partial charge in [0.05, 0.1) is 19.5 Å². The average Bonchev–Trinajstić information content (AvgIpc) is 3.02. The van der Waals surface area contributed by atoms with Gasteiger partial charge in [-0.15, -0.1) is 0 Å². The van der Waals surface area contributed by atoms with Crippen molar-refractivity contribution < 1.29 is 23.5 Å². The fourth-order valence-electron chi connectivity index (χ4n) is 3.07.